The van der Waals surface area contributed by atoms with E-state index in [-0.39, 0.29) is 11.7 Å². The van der Waals surface area contributed by atoms with E-state index in [1.807, 2.05) is 0 Å². The molecule has 12 heavy (non-hydrogen) atoms. The Morgan fingerprint density at radius 2 is 2.42 bits per heavy atom. The van der Waals surface area contributed by atoms with Crippen LogP contribution < -0.4 is 4.74 Å². The maximum Gasteiger partial charge on any atom is 0.250 e. The summed E-state index contributed by atoms with van der Waals surface area (Å²) in [6.45, 7) is 0. The Kier molecular flexibility index (Phi) is 3.47. The molecular weight excluding hydrogens is 225 g/mol. The van der Waals surface area contributed by atoms with Crippen LogP contribution in [0.3, 0.4) is 0 Å². The number of nitrogens with zero attached hydrogens (tertiary/aromatic N) is 1. The Morgan fingerprint density at radius 3 is 3.00 bits per heavy atom. The van der Waals surface area contributed by atoms with Gasteiger partial charge in [-0.05, 0) is 18.1 Å². The average molecular weight is 234 g/mol. The molecule has 1 aromatic heterocycles. The minimum atomic E-state index is -0.362. The molecule has 66 valence electrons. The van der Waals surface area contributed by atoms with Crippen molar-refractivity contribution in [3.8, 4) is 5.88 Å². The first-order valence-electron chi connectivity index (χ1n) is 3.53. The molecule has 0 aliphatic carbocycles. The summed E-state index contributed by atoms with van der Waals surface area (Å²) >= 11 is 3.24. The average Bonchev–Trinajstić information content (AvgIpc) is 2.09. The van der Waals surface area contributed by atoms with Gasteiger partial charge in [0, 0.05) is 11.5 Å². The van der Waals surface area contributed by atoms with Gasteiger partial charge in [0.25, 0.3) is 0 Å². The predicted octanol–water partition coefficient (Wildman–Crippen LogP) is 2.17. The Labute approximate surface area is 78.9 Å². The standard InChI is InChI=1S/C8H9BrFNO/c1-12-8-7(10)6(2-4-9)3-5-11-8/h3,5H,2,4H2,1H3. The van der Waals surface area contributed by atoms with E-state index < -0.39 is 0 Å². The molecule has 0 bridgehead atoms. The van der Waals surface area contributed by atoms with Crippen LogP contribution in [-0.2, 0) is 6.42 Å². The number of hydrogen-bond donors (Lipinski definition) is 0. The Balaban J connectivity index is 2.97. The fourth-order valence-electron chi connectivity index (χ4n) is 0.899. The molecule has 0 saturated carbocycles. The van der Waals surface area contributed by atoms with E-state index in [1.54, 1.807) is 12.3 Å². The van der Waals surface area contributed by atoms with Crippen molar-refractivity contribution >= 4 is 15.9 Å². The molecule has 0 aromatic carbocycles. The quantitative estimate of drug-likeness (QED) is 0.747. The van der Waals surface area contributed by atoms with E-state index in [2.05, 4.69) is 20.9 Å². The normalized spacial score (nSPS) is 9.92. The van der Waals surface area contributed by atoms with E-state index in [4.69, 9.17) is 4.74 Å². The molecule has 0 aliphatic rings. The summed E-state index contributed by atoms with van der Waals surface area (Å²) in [4.78, 5) is 3.73. The molecule has 0 amide bonds. The van der Waals surface area contributed by atoms with Gasteiger partial charge < -0.3 is 4.74 Å². The summed E-state index contributed by atoms with van der Waals surface area (Å²) in [7, 11) is 1.41. The molecule has 1 heterocycles. The zero-order valence-electron chi connectivity index (χ0n) is 6.68. The summed E-state index contributed by atoms with van der Waals surface area (Å²) in [5.74, 6) is -0.298. The highest BCUT2D eigenvalue weighted by molar-refractivity contribution is 9.09. The van der Waals surface area contributed by atoms with Crippen LogP contribution in [0.1, 0.15) is 5.56 Å². The van der Waals surface area contributed by atoms with Gasteiger partial charge in [-0.2, -0.15) is 0 Å². The predicted molar refractivity (Wildman–Crippen MR) is 48.2 cm³/mol. The van der Waals surface area contributed by atoms with Gasteiger partial charge in [-0.25, -0.2) is 9.37 Å². The van der Waals surface area contributed by atoms with Crippen molar-refractivity contribution < 1.29 is 9.13 Å². The highest BCUT2D eigenvalue weighted by atomic mass is 79.9. The van der Waals surface area contributed by atoms with Crippen molar-refractivity contribution in [2.24, 2.45) is 0 Å². The number of halogens is 2. The minimum absolute atomic E-state index is 0.0634. The summed E-state index contributed by atoms with van der Waals surface area (Å²) < 4.78 is 18.0. The lowest BCUT2D eigenvalue weighted by Gasteiger charge is -2.03. The van der Waals surface area contributed by atoms with Crippen LogP contribution in [0.4, 0.5) is 4.39 Å². The van der Waals surface area contributed by atoms with E-state index in [0.29, 0.717) is 12.0 Å². The maximum absolute atomic E-state index is 13.3. The second-order valence-electron chi connectivity index (χ2n) is 2.23. The van der Waals surface area contributed by atoms with Gasteiger partial charge in [0.05, 0.1) is 7.11 Å². The molecule has 0 atom stereocenters. The molecule has 4 heteroatoms. The monoisotopic (exact) mass is 233 g/mol. The van der Waals surface area contributed by atoms with Gasteiger partial charge in [0.1, 0.15) is 0 Å². The largest absolute Gasteiger partial charge is 0.479 e. The minimum Gasteiger partial charge on any atom is -0.479 e. The van der Waals surface area contributed by atoms with Gasteiger partial charge in [-0.3, -0.25) is 0 Å². The first kappa shape index (κ1) is 9.45. The van der Waals surface area contributed by atoms with Crippen LogP contribution >= 0.6 is 15.9 Å². The second-order valence-corrected chi connectivity index (χ2v) is 3.03. The topological polar surface area (TPSA) is 22.1 Å². The first-order valence-corrected chi connectivity index (χ1v) is 4.65. The molecule has 0 unspecified atom stereocenters. The highest BCUT2D eigenvalue weighted by Crippen LogP contribution is 2.17. The summed E-state index contributed by atoms with van der Waals surface area (Å²) in [6, 6.07) is 1.65. The Morgan fingerprint density at radius 1 is 1.67 bits per heavy atom. The molecule has 1 aromatic rings. The third-order valence-corrected chi connectivity index (χ3v) is 1.89. The van der Waals surface area contributed by atoms with Crippen molar-refractivity contribution in [1.29, 1.82) is 0 Å². The third kappa shape index (κ3) is 1.94. The molecule has 0 fully saturated rings. The van der Waals surface area contributed by atoms with Gasteiger partial charge in [0.2, 0.25) is 5.88 Å². The maximum atomic E-state index is 13.3. The van der Waals surface area contributed by atoms with Gasteiger partial charge in [0.15, 0.2) is 5.82 Å². The molecule has 0 N–H and O–H groups in total. The number of pyridine rings is 1. The number of hydrogen-bond acceptors (Lipinski definition) is 2. The van der Waals surface area contributed by atoms with Crippen LogP contribution in [0, 0.1) is 5.82 Å². The van der Waals surface area contributed by atoms with E-state index in [1.165, 1.54) is 7.11 Å². The number of alkyl halides is 1. The van der Waals surface area contributed by atoms with Crippen molar-refractivity contribution in [2.75, 3.05) is 12.4 Å². The smallest absolute Gasteiger partial charge is 0.250 e. The fraction of sp³-hybridized carbons (Fsp3) is 0.375. The molecule has 0 radical (unpaired) electrons. The molecule has 0 saturated heterocycles. The lowest BCUT2D eigenvalue weighted by molar-refractivity contribution is 0.367. The first-order chi connectivity index (χ1) is 5.79. The molecule has 0 aliphatic heterocycles. The Hall–Kier alpha value is -0.640. The van der Waals surface area contributed by atoms with Gasteiger partial charge >= 0.3 is 0 Å². The number of rotatable bonds is 3. The zero-order chi connectivity index (χ0) is 8.97. The number of ether oxygens (including phenoxy) is 1. The summed E-state index contributed by atoms with van der Waals surface area (Å²) in [5.41, 5.74) is 0.624. The van der Waals surface area contributed by atoms with Crippen LogP contribution in [-0.4, -0.2) is 17.4 Å². The van der Waals surface area contributed by atoms with Crippen LogP contribution in [0.2, 0.25) is 0 Å². The van der Waals surface area contributed by atoms with Crippen LogP contribution in [0.25, 0.3) is 0 Å². The number of aromatic nitrogens is 1. The van der Waals surface area contributed by atoms with Crippen molar-refractivity contribution in [3.05, 3.63) is 23.6 Å². The Bertz CT molecular complexity index is 267. The lowest BCUT2D eigenvalue weighted by Crippen LogP contribution is -1.97. The SMILES string of the molecule is COc1nccc(CCBr)c1F. The van der Waals surface area contributed by atoms with Crippen molar-refractivity contribution in [2.45, 2.75) is 6.42 Å². The van der Waals surface area contributed by atoms with Crippen molar-refractivity contribution in [1.82, 2.24) is 4.98 Å². The van der Waals surface area contributed by atoms with Gasteiger partial charge in [-0.15, -0.1) is 0 Å². The van der Waals surface area contributed by atoms with Crippen molar-refractivity contribution in [3.63, 3.8) is 0 Å². The summed E-state index contributed by atoms with van der Waals surface area (Å²) in [5, 5.41) is 0.733. The number of methoxy groups -OCH3 is 1. The second kappa shape index (κ2) is 4.40. The van der Waals surface area contributed by atoms with Crippen LogP contribution in [0.5, 0.6) is 5.88 Å². The fourth-order valence-corrected chi connectivity index (χ4v) is 1.33. The lowest BCUT2D eigenvalue weighted by atomic mass is 10.2. The molecule has 2 nitrogen and oxygen atoms in total. The summed E-state index contributed by atoms with van der Waals surface area (Å²) in [6.07, 6.45) is 2.19. The molecule has 0 spiro atoms. The van der Waals surface area contributed by atoms with E-state index in [0.717, 1.165) is 5.33 Å². The zero-order valence-corrected chi connectivity index (χ0v) is 8.27. The number of aryl methyl sites for hydroxylation is 1. The van der Waals surface area contributed by atoms with E-state index >= 15 is 0 Å². The third-order valence-electron chi connectivity index (χ3n) is 1.49. The highest BCUT2D eigenvalue weighted by Gasteiger charge is 2.08. The molecular formula is C8H9BrFNO. The molecule has 1 rings (SSSR count). The van der Waals surface area contributed by atoms with Gasteiger partial charge in [-0.1, -0.05) is 15.9 Å². The van der Waals surface area contributed by atoms with E-state index in [9.17, 15) is 4.39 Å². The van der Waals surface area contributed by atoms with Crippen LogP contribution in [0.15, 0.2) is 12.3 Å².